The van der Waals surface area contributed by atoms with Gasteiger partial charge in [-0.15, -0.1) is 0 Å². The van der Waals surface area contributed by atoms with Crippen LogP contribution in [0.25, 0.3) is 0 Å². The SMILES string of the molecule is CC(C)N(N)C(C1CCCCC1)C(C)(C)C. The van der Waals surface area contributed by atoms with E-state index < -0.39 is 0 Å². The highest BCUT2D eigenvalue weighted by Gasteiger charge is 2.37. The highest BCUT2D eigenvalue weighted by Crippen LogP contribution is 2.37. The predicted molar refractivity (Wildman–Crippen MR) is 71.0 cm³/mol. The second kappa shape index (κ2) is 5.50. The minimum Gasteiger partial charge on any atom is -0.268 e. The van der Waals surface area contributed by atoms with Crippen LogP contribution in [0.1, 0.15) is 66.7 Å². The standard InChI is InChI=1S/C14H30N2/c1-11(2)16(15)13(14(3,4)5)12-9-7-6-8-10-12/h11-13H,6-10,15H2,1-5H3. The fraction of sp³-hybridized carbons (Fsp3) is 1.00. The van der Waals surface area contributed by atoms with E-state index in [0.717, 1.165) is 5.92 Å². The number of hydrogen-bond acceptors (Lipinski definition) is 2. The Kier molecular flexibility index (Phi) is 4.81. The highest BCUT2D eigenvalue weighted by molar-refractivity contribution is 4.89. The van der Waals surface area contributed by atoms with Crippen molar-refractivity contribution in [2.45, 2.75) is 78.8 Å². The van der Waals surface area contributed by atoms with Crippen molar-refractivity contribution < 1.29 is 0 Å². The lowest BCUT2D eigenvalue weighted by molar-refractivity contribution is 0.0142. The van der Waals surface area contributed by atoms with Gasteiger partial charge in [0.25, 0.3) is 0 Å². The summed E-state index contributed by atoms with van der Waals surface area (Å²) in [5, 5.41) is 2.11. The minimum atomic E-state index is 0.279. The topological polar surface area (TPSA) is 29.3 Å². The highest BCUT2D eigenvalue weighted by atomic mass is 15.4. The van der Waals surface area contributed by atoms with Crippen molar-refractivity contribution in [3.63, 3.8) is 0 Å². The third-order valence-corrected chi connectivity index (χ3v) is 3.90. The van der Waals surface area contributed by atoms with E-state index in [-0.39, 0.29) is 5.41 Å². The zero-order valence-corrected chi connectivity index (χ0v) is 11.8. The van der Waals surface area contributed by atoms with Crippen molar-refractivity contribution in [1.82, 2.24) is 5.01 Å². The van der Waals surface area contributed by atoms with Crippen molar-refractivity contribution in [2.75, 3.05) is 0 Å². The van der Waals surface area contributed by atoms with Crippen molar-refractivity contribution >= 4 is 0 Å². The molecule has 0 aliphatic heterocycles. The summed E-state index contributed by atoms with van der Waals surface area (Å²) < 4.78 is 0. The van der Waals surface area contributed by atoms with Gasteiger partial charge in [-0.2, -0.15) is 0 Å². The molecule has 0 bridgehead atoms. The van der Waals surface area contributed by atoms with E-state index >= 15 is 0 Å². The summed E-state index contributed by atoms with van der Waals surface area (Å²) >= 11 is 0. The van der Waals surface area contributed by atoms with Crippen LogP contribution in [0.3, 0.4) is 0 Å². The average molecular weight is 226 g/mol. The number of rotatable bonds is 3. The maximum Gasteiger partial charge on any atom is 0.0320 e. The summed E-state index contributed by atoms with van der Waals surface area (Å²) in [5.74, 6) is 7.10. The Bertz CT molecular complexity index is 199. The molecule has 2 heteroatoms. The summed E-state index contributed by atoms with van der Waals surface area (Å²) in [6, 6.07) is 0.957. The van der Waals surface area contributed by atoms with Crippen LogP contribution in [0.15, 0.2) is 0 Å². The molecular formula is C14H30N2. The molecule has 1 aliphatic carbocycles. The summed E-state index contributed by atoms with van der Waals surface area (Å²) in [6.07, 6.45) is 6.93. The molecule has 1 atom stereocenters. The van der Waals surface area contributed by atoms with E-state index in [9.17, 15) is 0 Å². The molecule has 0 aromatic rings. The maximum absolute atomic E-state index is 6.31. The first kappa shape index (κ1) is 14.0. The fourth-order valence-electron chi connectivity index (χ4n) is 3.17. The Morgan fingerprint density at radius 2 is 1.56 bits per heavy atom. The molecule has 0 saturated heterocycles. The van der Waals surface area contributed by atoms with Gasteiger partial charge in [0.1, 0.15) is 0 Å². The van der Waals surface area contributed by atoms with Gasteiger partial charge in [-0.3, -0.25) is 5.84 Å². The van der Waals surface area contributed by atoms with E-state index in [1.54, 1.807) is 0 Å². The van der Waals surface area contributed by atoms with Crippen LogP contribution < -0.4 is 5.84 Å². The van der Waals surface area contributed by atoms with Crippen LogP contribution in [0.2, 0.25) is 0 Å². The number of nitrogens with zero attached hydrogens (tertiary/aromatic N) is 1. The second-order valence-electron chi connectivity index (χ2n) is 6.75. The molecule has 0 spiro atoms. The van der Waals surface area contributed by atoms with Crippen LogP contribution >= 0.6 is 0 Å². The molecule has 0 aromatic heterocycles. The lowest BCUT2D eigenvalue weighted by atomic mass is 9.72. The van der Waals surface area contributed by atoms with Crippen LogP contribution in [0, 0.1) is 11.3 Å². The number of hydrazine groups is 1. The molecule has 1 unspecified atom stereocenters. The van der Waals surface area contributed by atoms with Gasteiger partial charge >= 0.3 is 0 Å². The van der Waals surface area contributed by atoms with E-state index in [4.69, 9.17) is 5.84 Å². The van der Waals surface area contributed by atoms with Crippen molar-refractivity contribution in [3.8, 4) is 0 Å². The molecular weight excluding hydrogens is 196 g/mol. The second-order valence-corrected chi connectivity index (χ2v) is 6.75. The quantitative estimate of drug-likeness (QED) is 0.589. The lowest BCUT2D eigenvalue weighted by Gasteiger charge is -2.45. The first-order valence-electron chi connectivity index (χ1n) is 6.87. The summed E-state index contributed by atoms with van der Waals surface area (Å²) in [5.41, 5.74) is 0.279. The first-order chi connectivity index (χ1) is 7.34. The number of nitrogens with two attached hydrogens (primary N) is 1. The maximum atomic E-state index is 6.31. The molecule has 0 aromatic carbocycles. The van der Waals surface area contributed by atoms with Gasteiger partial charge in [-0.1, -0.05) is 40.0 Å². The molecule has 0 amide bonds. The zero-order chi connectivity index (χ0) is 12.3. The Morgan fingerprint density at radius 1 is 1.06 bits per heavy atom. The molecule has 1 rings (SSSR count). The van der Waals surface area contributed by atoms with Gasteiger partial charge < -0.3 is 0 Å². The molecule has 16 heavy (non-hydrogen) atoms. The Labute approximate surface area is 102 Å². The monoisotopic (exact) mass is 226 g/mol. The van der Waals surface area contributed by atoms with Crippen molar-refractivity contribution in [3.05, 3.63) is 0 Å². The van der Waals surface area contributed by atoms with Crippen molar-refractivity contribution in [2.24, 2.45) is 17.2 Å². The normalized spacial score (nSPS) is 21.8. The van der Waals surface area contributed by atoms with Gasteiger partial charge in [0.15, 0.2) is 0 Å². The largest absolute Gasteiger partial charge is 0.268 e. The smallest absolute Gasteiger partial charge is 0.0320 e. The minimum absolute atomic E-state index is 0.279. The molecule has 2 nitrogen and oxygen atoms in total. The summed E-state index contributed by atoms with van der Waals surface area (Å²) in [4.78, 5) is 0. The Hall–Kier alpha value is -0.0800. The third kappa shape index (κ3) is 3.46. The summed E-state index contributed by atoms with van der Waals surface area (Å²) in [6.45, 7) is 11.4. The lowest BCUT2D eigenvalue weighted by Crippen LogP contribution is -2.55. The van der Waals surface area contributed by atoms with Crippen molar-refractivity contribution in [1.29, 1.82) is 0 Å². The predicted octanol–water partition coefficient (Wildman–Crippen LogP) is 3.57. The van der Waals surface area contributed by atoms with E-state index in [2.05, 4.69) is 39.6 Å². The fourth-order valence-corrected chi connectivity index (χ4v) is 3.17. The molecule has 1 aliphatic rings. The van der Waals surface area contributed by atoms with Gasteiger partial charge in [0.05, 0.1) is 0 Å². The van der Waals surface area contributed by atoms with Gasteiger partial charge in [0, 0.05) is 12.1 Å². The van der Waals surface area contributed by atoms with Crippen LogP contribution in [0.5, 0.6) is 0 Å². The van der Waals surface area contributed by atoms with E-state index in [1.807, 2.05) is 0 Å². The average Bonchev–Trinajstić information content (AvgIpc) is 2.17. The molecule has 2 N–H and O–H groups in total. The van der Waals surface area contributed by atoms with Crippen LogP contribution in [-0.4, -0.2) is 17.1 Å². The van der Waals surface area contributed by atoms with E-state index in [0.29, 0.717) is 12.1 Å². The third-order valence-electron chi connectivity index (χ3n) is 3.90. The van der Waals surface area contributed by atoms with Gasteiger partial charge in [-0.05, 0) is 38.0 Å². The first-order valence-corrected chi connectivity index (χ1v) is 6.87. The summed E-state index contributed by atoms with van der Waals surface area (Å²) in [7, 11) is 0. The Balaban J connectivity index is 2.77. The Morgan fingerprint density at radius 3 is 1.94 bits per heavy atom. The zero-order valence-electron chi connectivity index (χ0n) is 11.8. The molecule has 0 heterocycles. The molecule has 96 valence electrons. The van der Waals surface area contributed by atoms with Crippen LogP contribution in [-0.2, 0) is 0 Å². The molecule has 1 saturated carbocycles. The van der Waals surface area contributed by atoms with E-state index in [1.165, 1.54) is 32.1 Å². The van der Waals surface area contributed by atoms with Gasteiger partial charge in [0.2, 0.25) is 0 Å². The molecule has 0 radical (unpaired) electrons. The van der Waals surface area contributed by atoms with Gasteiger partial charge in [-0.25, -0.2) is 5.01 Å². The molecule has 1 fully saturated rings. The van der Waals surface area contributed by atoms with Crippen LogP contribution in [0.4, 0.5) is 0 Å². The number of hydrogen-bond donors (Lipinski definition) is 1.